The molecular formula is C14H20N2O4S. The predicted molar refractivity (Wildman–Crippen MR) is 81.7 cm³/mol. The Morgan fingerprint density at radius 3 is 2.52 bits per heavy atom. The summed E-state index contributed by atoms with van der Waals surface area (Å²) in [5.74, 6) is -0.0726. The van der Waals surface area contributed by atoms with Crippen LogP contribution >= 0.6 is 0 Å². The molecule has 1 saturated heterocycles. The molecule has 0 radical (unpaired) electrons. The average Bonchev–Trinajstić information content (AvgIpc) is 2.94. The van der Waals surface area contributed by atoms with Crippen LogP contribution in [0.5, 0.6) is 0 Å². The standard InChI is InChI=1S/C14H20N2O4S/c1-2-10-21(18,19)16-12-7-5-11(6-8-12)15-14(17)13-4-3-9-20-13/h5-8,13,16H,2-4,9-10H2,1H3,(H,15,17). The number of benzene rings is 1. The van der Waals surface area contributed by atoms with Gasteiger partial charge in [-0.15, -0.1) is 0 Å². The molecule has 2 rings (SSSR count). The van der Waals surface area contributed by atoms with E-state index in [2.05, 4.69) is 10.0 Å². The SMILES string of the molecule is CCCS(=O)(=O)Nc1ccc(NC(=O)C2CCCO2)cc1. The number of amides is 1. The first-order chi connectivity index (χ1) is 10.00. The summed E-state index contributed by atoms with van der Waals surface area (Å²) >= 11 is 0. The highest BCUT2D eigenvalue weighted by molar-refractivity contribution is 7.92. The molecule has 0 aliphatic carbocycles. The van der Waals surface area contributed by atoms with E-state index in [-0.39, 0.29) is 17.8 Å². The van der Waals surface area contributed by atoms with Gasteiger partial charge in [0.05, 0.1) is 5.75 Å². The number of nitrogens with one attached hydrogen (secondary N) is 2. The highest BCUT2D eigenvalue weighted by Crippen LogP contribution is 2.18. The second kappa shape index (κ2) is 6.91. The van der Waals surface area contributed by atoms with Crippen molar-refractivity contribution >= 4 is 27.3 Å². The van der Waals surface area contributed by atoms with Gasteiger partial charge in [0.2, 0.25) is 10.0 Å². The van der Waals surface area contributed by atoms with Gasteiger partial charge < -0.3 is 10.1 Å². The van der Waals surface area contributed by atoms with Crippen molar-refractivity contribution in [2.75, 3.05) is 22.4 Å². The van der Waals surface area contributed by atoms with Gasteiger partial charge in [-0.2, -0.15) is 0 Å². The van der Waals surface area contributed by atoms with Crippen LogP contribution in [-0.2, 0) is 19.6 Å². The molecule has 2 N–H and O–H groups in total. The predicted octanol–water partition coefficient (Wildman–Crippen LogP) is 1.96. The van der Waals surface area contributed by atoms with E-state index in [0.29, 0.717) is 24.4 Å². The zero-order valence-electron chi connectivity index (χ0n) is 12.0. The van der Waals surface area contributed by atoms with Crippen LogP contribution in [0.3, 0.4) is 0 Å². The molecule has 1 aliphatic heterocycles. The minimum atomic E-state index is -3.29. The third kappa shape index (κ3) is 4.71. The Hall–Kier alpha value is -1.60. The van der Waals surface area contributed by atoms with Gasteiger partial charge in [0.1, 0.15) is 6.10 Å². The maximum absolute atomic E-state index is 11.9. The van der Waals surface area contributed by atoms with Gasteiger partial charge in [-0.25, -0.2) is 8.42 Å². The molecule has 1 fully saturated rings. The number of sulfonamides is 1. The van der Waals surface area contributed by atoms with Gasteiger partial charge in [-0.1, -0.05) is 6.92 Å². The number of rotatable bonds is 6. The van der Waals surface area contributed by atoms with Gasteiger partial charge in [-0.05, 0) is 43.5 Å². The van der Waals surface area contributed by atoms with Crippen molar-refractivity contribution in [1.29, 1.82) is 0 Å². The minimum absolute atomic E-state index is 0.0878. The summed E-state index contributed by atoms with van der Waals surface area (Å²) in [5, 5.41) is 2.76. The number of hydrogen-bond acceptors (Lipinski definition) is 4. The molecular weight excluding hydrogens is 292 g/mol. The Morgan fingerprint density at radius 1 is 1.29 bits per heavy atom. The molecule has 1 amide bonds. The fourth-order valence-electron chi connectivity index (χ4n) is 2.13. The zero-order valence-corrected chi connectivity index (χ0v) is 12.8. The molecule has 0 saturated carbocycles. The lowest BCUT2D eigenvalue weighted by Crippen LogP contribution is -2.26. The smallest absolute Gasteiger partial charge is 0.253 e. The van der Waals surface area contributed by atoms with Crippen molar-refractivity contribution in [2.24, 2.45) is 0 Å². The fourth-order valence-corrected chi connectivity index (χ4v) is 3.26. The molecule has 0 spiro atoms. The van der Waals surface area contributed by atoms with Gasteiger partial charge in [-0.3, -0.25) is 9.52 Å². The maximum Gasteiger partial charge on any atom is 0.253 e. The number of hydrogen-bond donors (Lipinski definition) is 2. The van der Waals surface area contributed by atoms with Crippen molar-refractivity contribution in [3.63, 3.8) is 0 Å². The van der Waals surface area contributed by atoms with Crippen LogP contribution in [0.2, 0.25) is 0 Å². The Kier molecular flexibility index (Phi) is 5.19. The van der Waals surface area contributed by atoms with E-state index in [4.69, 9.17) is 4.74 Å². The topological polar surface area (TPSA) is 84.5 Å². The summed E-state index contributed by atoms with van der Waals surface area (Å²) in [7, 11) is -3.29. The molecule has 0 bridgehead atoms. The molecule has 1 aromatic carbocycles. The first-order valence-electron chi connectivity index (χ1n) is 7.03. The van der Waals surface area contributed by atoms with Gasteiger partial charge in [0, 0.05) is 18.0 Å². The van der Waals surface area contributed by atoms with Crippen molar-refractivity contribution in [1.82, 2.24) is 0 Å². The van der Waals surface area contributed by atoms with Crippen LogP contribution in [0.4, 0.5) is 11.4 Å². The van der Waals surface area contributed by atoms with Gasteiger partial charge in [0.25, 0.3) is 5.91 Å². The van der Waals surface area contributed by atoms with E-state index in [1.54, 1.807) is 24.3 Å². The normalized spacial score (nSPS) is 18.4. The van der Waals surface area contributed by atoms with E-state index >= 15 is 0 Å². The van der Waals surface area contributed by atoms with Crippen LogP contribution in [0, 0.1) is 0 Å². The molecule has 1 heterocycles. The van der Waals surface area contributed by atoms with Crippen LogP contribution in [0.15, 0.2) is 24.3 Å². The summed E-state index contributed by atoms with van der Waals surface area (Å²) in [5.41, 5.74) is 1.10. The molecule has 1 atom stereocenters. The van der Waals surface area contributed by atoms with E-state index < -0.39 is 10.0 Å². The first-order valence-corrected chi connectivity index (χ1v) is 8.68. The lowest BCUT2D eigenvalue weighted by atomic mass is 10.2. The molecule has 1 unspecified atom stereocenters. The molecule has 0 aromatic heterocycles. The number of carbonyl (C=O) groups is 1. The van der Waals surface area contributed by atoms with Crippen LogP contribution in [-0.4, -0.2) is 32.8 Å². The molecule has 21 heavy (non-hydrogen) atoms. The molecule has 1 aliphatic rings. The monoisotopic (exact) mass is 312 g/mol. The van der Waals surface area contributed by atoms with Gasteiger partial charge >= 0.3 is 0 Å². The highest BCUT2D eigenvalue weighted by Gasteiger charge is 2.23. The number of anilines is 2. The zero-order chi connectivity index (χ0) is 15.3. The van der Waals surface area contributed by atoms with Crippen molar-refractivity contribution in [3.8, 4) is 0 Å². The van der Waals surface area contributed by atoms with Crippen molar-refractivity contribution in [2.45, 2.75) is 32.3 Å². The second-order valence-corrected chi connectivity index (χ2v) is 6.83. The summed E-state index contributed by atoms with van der Waals surface area (Å²) in [6.07, 6.45) is 1.81. The second-order valence-electron chi connectivity index (χ2n) is 4.99. The maximum atomic E-state index is 11.9. The molecule has 7 heteroatoms. The quantitative estimate of drug-likeness (QED) is 0.841. The lowest BCUT2D eigenvalue weighted by Gasteiger charge is -2.11. The third-order valence-electron chi connectivity index (χ3n) is 3.12. The summed E-state index contributed by atoms with van der Waals surface area (Å²) < 4.78 is 31.1. The minimum Gasteiger partial charge on any atom is -0.368 e. The Bertz CT molecular complexity index is 577. The first kappa shape index (κ1) is 15.8. The van der Waals surface area contributed by atoms with Crippen molar-refractivity contribution < 1.29 is 17.9 Å². The Balaban J connectivity index is 1.94. The van der Waals surface area contributed by atoms with E-state index in [0.717, 1.165) is 12.8 Å². The van der Waals surface area contributed by atoms with E-state index in [1.807, 2.05) is 6.92 Å². The molecule has 1 aromatic rings. The summed E-state index contributed by atoms with van der Waals surface area (Å²) in [4.78, 5) is 11.9. The van der Waals surface area contributed by atoms with Gasteiger partial charge in [0.15, 0.2) is 0 Å². The lowest BCUT2D eigenvalue weighted by molar-refractivity contribution is -0.124. The van der Waals surface area contributed by atoms with E-state index in [1.165, 1.54) is 0 Å². The molecule has 6 nitrogen and oxygen atoms in total. The van der Waals surface area contributed by atoms with Crippen LogP contribution < -0.4 is 10.0 Å². The average molecular weight is 312 g/mol. The van der Waals surface area contributed by atoms with Crippen molar-refractivity contribution in [3.05, 3.63) is 24.3 Å². The highest BCUT2D eigenvalue weighted by atomic mass is 32.2. The Labute approximate surface area is 124 Å². The summed E-state index contributed by atoms with van der Waals surface area (Å²) in [6.45, 7) is 2.43. The number of carbonyl (C=O) groups excluding carboxylic acids is 1. The third-order valence-corrected chi connectivity index (χ3v) is 4.61. The summed E-state index contributed by atoms with van der Waals surface area (Å²) in [6, 6.07) is 6.57. The fraction of sp³-hybridized carbons (Fsp3) is 0.500. The number of ether oxygens (including phenoxy) is 1. The largest absolute Gasteiger partial charge is 0.368 e. The van der Waals surface area contributed by atoms with Crippen LogP contribution in [0.1, 0.15) is 26.2 Å². The molecule has 116 valence electrons. The Morgan fingerprint density at radius 2 is 1.95 bits per heavy atom. The van der Waals surface area contributed by atoms with Crippen LogP contribution in [0.25, 0.3) is 0 Å². The van der Waals surface area contributed by atoms with E-state index in [9.17, 15) is 13.2 Å².